The number of nitrogens with zero attached hydrogens (tertiary/aromatic N) is 1. The predicted octanol–water partition coefficient (Wildman–Crippen LogP) is 2.62. The lowest BCUT2D eigenvalue weighted by Crippen LogP contribution is -3.10. The van der Waals surface area contributed by atoms with E-state index < -0.39 is 11.0 Å². The summed E-state index contributed by atoms with van der Waals surface area (Å²) in [5, 5.41) is 21.7. The molecule has 29 heavy (non-hydrogen) atoms. The molecule has 6 nitrogen and oxygen atoms in total. The Labute approximate surface area is 170 Å². The Morgan fingerprint density at radius 2 is 1.38 bits per heavy atom. The number of quaternary nitrogens is 1. The molecule has 150 valence electrons. The van der Waals surface area contributed by atoms with E-state index in [1.54, 1.807) is 18.2 Å². The molecule has 0 unspecified atom stereocenters. The first-order valence-electron chi connectivity index (χ1n) is 9.57. The number of aliphatic hydroxyl groups is 1. The van der Waals surface area contributed by atoms with Crippen molar-refractivity contribution in [3.63, 3.8) is 0 Å². The molecule has 0 radical (unpaired) electrons. The minimum Gasteiger partial charge on any atom is -0.484 e. The summed E-state index contributed by atoms with van der Waals surface area (Å²) in [6.45, 7) is 1.99. The highest BCUT2D eigenvalue weighted by molar-refractivity contribution is 5.45. The number of para-hydroxylation sites is 2. The molecule has 3 aromatic rings. The van der Waals surface area contributed by atoms with Gasteiger partial charge in [-0.3, -0.25) is 10.1 Å². The van der Waals surface area contributed by atoms with Crippen molar-refractivity contribution < 1.29 is 19.7 Å². The van der Waals surface area contributed by atoms with E-state index in [4.69, 9.17) is 4.74 Å². The van der Waals surface area contributed by atoms with Crippen molar-refractivity contribution in [2.75, 3.05) is 13.2 Å². The topological polar surface area (TPSA) is 77.0 Å². The Morgan fingerprint density at radius 3 is 1.93 bits per heavy atom. The van der Waals surface area contributed by atoms with Gasteiger partial charge in [0.25, 0.3) is 0 Å². The Hall–Kier alpha value is -3.22. The van der Waals surface area contributed by atoms with Crippen molar-refractivity contribution in [2.24, 2.45) is 0 Å². The molecular weight excluding hydrogens is 368 g/mol. The van der Waals surface area contributed by atoms with E-state index in [-0.39, 0.29) is 18.0 Å². The molecule has 0 saturated carbocycles. The monoisotopic (exact) mass is 393 g/mol. The van der Waals surface area contributed by atoms with E-state index in [2.05, 4.69) is 24.3 Å². The number of nitrogens with one attached hydrogen (secondary N) is 1. The fourth-order valence-corrected chi connectivity index (χ4v) is 3.28. The van der Waals surface area contributed by atoms with Crippen molar-refractivity contribution in [2.45, 2.75) is 19.2 Å². The summed E-state index contributed by atoms with van der Waals surface area (Å²) in [7, 11) is 0. The van der Waals surface area contributed by atoms with Crippen molar-refractivity contribution in [3.05, 3.63) is 106 Å². The Morgan fingerprint density at radius 1 is 0.862 bits per heavy atom. The summed E-state index contributed by atoms with van der Waals surface area (Å²) in [6.07, 6.45) is -0.753. The molecule has 0 aromatic heterocycles. The van der Waals surface area contributed by atoms with Crippen LogP contribution in [0, 0.1) is 10.1 Å². The zero-order valence-electron chi connectivity index (χ0n) is 16.1. The van der Waals surface area contributed by atoms with E-state index in [0.717, 1.165) is 13.1 Å². The van der Waals surface area contributed by atoms with Crippen LogP contribution < -0.4 is 9.64 Å². The predicted molar refractivity (Wildman–Crippen MR) is 111 cm³/mol. The highest BCUT2D eigenvalue weighted by Crippen LogP contribution is 2.25. The van der Waals surface area contributed by atoms with Gasteiger partial charge in [0.05, 0.1) is 4.92 Å². The van der Waals surface area contributed by atoms with Crippen LogP contribution in [0.2, 0.25) is 0 Å². The average molecular weight is 393 g/mol. The lowest BCUT2D eigenvalue weighted by atomic mass is 10.1. The van der Waals surface area contributed by atoms with Crippen LogP contribution >= 0.6 is 0 Å². The van der Waals surface area contributed by atoms with Crippen LogP contribution in [0.25, 0.3) is 0 Å². The quantitative estimate of drug-likeness (QED) is 0.410. The SMILES string of the molecule is O=[N+]([O-])c1ccccc1OC[C@H](O)C[NH+](Cc1ccccc1)Cc1ccccc1. The van der Waals surface area contributed by atoms with Gasteiger partial charge in [-0.1, -0.05) is 72.8 Å². The highest BCUT2D eigenvalue weighted by Gasteiger charge is 2.19. The number of nitro benzene ring substituents is 1. The van der Waals surface area contributed by atoms with Crippen molar-refractivity contribution in [1.29, 1.82) is 0 Å². The fraction of sp³-hybridized carbons (Fsp3) is 0.217. The van der Waals surface area contributed by atoms with Gasteiger partial charge < -0.3 is 14.7 Å². The van der Waals surface area contributed by atoms with Crippen LogP contribution in [0.4, 0.5) is 5.69 Å². The van der Waals surface area contributed by atoms with Gasteiger partial charge in [0.15, 0.2) is 5.75 Å². The van der Waals surface area contributed by atoms with Crippen LogP contribution in [-0.4, -0.2) is 29.3 Å². The van der Waals surface area contributed by atoms with Crippen LogP contribution in [0.3, 0.4) is 0 Å². The molecule has 0 fully saturated rings. The summed E-state index contributed by atoms with van der Waals surface area (Å²) >= 11 is 0. The zero-order valence-corrected chi connectivity index (χ0v) is 16.1. The second-order valence-corrected chi connectivity index (χ2v) is 6.97. The maximum absolute atomic E-state index is 11.1. The lowest BCUT2D eigenvalue weighted by Gasteiger charge is -2.23. The number of nitro groups is 1. The van der Waals surface area contributed by atoms with Crippen LogP contribution in [0.5, 0.6) is 5.75 Å². The first kappa shape index (κ1) is 20.5. The molecule has 2 N–H and O–H groups in total. The van der Waals surface area contributed by atoms with Gasteiger partial charge in [-0.25, -0.2) is 0 Å². The third kappa shape index (κ3) is 6.41. The summed E-state index contributed by atoms with van der Waals surface area (Å²) in [6, 6.07) is 26.5. The Kier molecular flexibility index (Phi) is 7.33. The minimum atomic E-state index is -0.753. The van der Waals surface area contributed by atoms with Crippen LogP contribution in [0.1, 0.15) is 11.1 Å². The smallest absolute Gasteiger partial charge is 0.310 e. The molecule has 0 bridgehead atoms. The Bertz CT molecular complexity index is 862. The van der Waals surface area contributed by atoms with Crippen molar-refractivity contribution in [3.8, 4) is 5.75 Å². The maximum Gasteiger partial charge on any atom is 0.310 e. The number of hydrogen-bond acceptors (Lipinski definition) is 4. The molecule has 0 aliphatic rings. The molecular formula is C23H25N2O4+. The van der Waals surface area contributed by atoms with Crippen molar-refractivity contribution >= 4 is 5.69 Å². The third-order valence-electron chi connectivity index (χ3n) is 4.61. The average Bonchev–Trinajstić information content (AvgIpc) is 2.74. The number of rotatable bonds is 10. The van der Waals surface area contributed by atoms with Crippen LogP contribution in [-0.2, 0) is 13.1 Å². The van der Waals surface area contributed by atoms with E-state index in [0.29, 0.717) is 6.54 Å². The number of hydrogen-bond donors (Lipinski definition) is 2. The molecule has 0 amide bonds. The summed E-state index contributed by atoms with van der Waals surface area (Å²) < 4.78 is 5.56. The van der Waals surface area contributed by atoms with E-state index in [9.17, 15) is 15.2 Å². The number of aliphatic hydroxyl groups excluding tert-OH is 1. The summed E-state index contributed by atoms with van der Waals surface area (Å²) in [5.41, 5.74) is 2.27. The third-order valence-corrected chi connectivity index (χ3v) is 4.61. The van der Waals surface area contributed by atoms with Gasteiger partial charge >= 0.3 is 5.69 Å². The fourth-order valence-electron chi connectivity index (χ4n) is 3.28. The van der Waals surface area contributed by atoms with Crippen molar-refractivity contribution in [1.82, 2.24) is 0 Å². The molecule has 0 spiro atoms. The standard InChI is InChI=1S/C23H24N2O4/c26-21(18-29-23-14-8-7-13-22(23)25(27)28)17-24(15-19-9-3-1-4-10-19)16-20-11-5-2-6-12-20/h1-14,21,26H,15-18H2/p+1/t21-/m1/s1. The first-order valence-corrected chi connectivity index (χ1v) is 9.57. The van der Waals surface area contributed by atoms with Gasteiger partial charge in [0.1, 0.15) is 32.3 Å². The largest absolute Gasteiger partial charge is 0.484 e. The summed E-state index contributed by atoms with van der Waals surface area (Å²) in [4.78, 5) is 11.8. The first-order chi connectivity index (χ1) is 14.1. The number of ether oxygens (including phenoxy) is 1. The second-order valence-electron chi connectivity index (χ2n) is 6.97. The molecule has 0 aliphatic heterocycles. The van der Waals surface area contributed by atoms with Gasteiger partial charge in [0.2, 0.25) is 0 Å². The van der Waals surface area contributed by atoms with E-state index in [1.165, 1.54) is 22.1 Å². The van der Waals surface area contributed by atoms with E-state index in [1.807, 2.05) is 36.4 Å². The molecule has 6 heteroatoms. The zero-order chi connectivity index (χ0) is 20.5. The normalized spacial score (nSPS) is 11.9. The molecule has 0 saturated heterocycles. The molecule has 3 rings (SSSR count). The van der Waals surface area contributed by atoms with Gasteiger partial charge in [-0.15, -0.1) is 0 Å². The highest BCUT2D eigenvalue weighted by atomic mass is 16.6. The number of benzene rings is 3. The van der Waals surface area contributed by atoms with Crippen LogP contribution in [0.15, 0.2) is 84.9 Å². The van der Waals surface area contributed by atoms with E-state index >= 15 is 0 Å². The molecule has 3 aromatic carbocycles. The molecule has 0 heterocycles. The summed E-state index contributed by atoms with van der Waals surface area (Å²) in [5.74, 6) is 0.171. The lowest BCUT2D eigenvalue weighted by molar-refractivity contribution is -0.930. The van der Waals surface area contributed by atoms with Gasteiger partial charge in [-0.05, 0) is 6.07 Å². The minimum absolute atomic E-state index is 0.00205. The Balaban J connectivity index is 1.64. The maximum atomic E-state index is 11.1. The van der Waals surface area contributed by atoms with Gasteiger partial charge in [-0.2, -0.15) is 0 Å². The van der Waals surface area contributed by atoms with Gasteiger partial charge in [0, 0.05) is 17.2 Å². The molecule has 0 aliphatic carbocycles. The molecule has 1 atom stereocenters. The second kappa shape index (κ2) is 10.4.